The maximum atomic E-state index is 11.7. The minimum absolute atomic E-state index is 0.208. The Morgan fingerprint density at radius 2 is 2.19 bits per heavy atom. The summed E-state index contributed by atoms with van der Waals surface area (Å²) in [6, 6.07) is 8.94. The van der Waals surface area contributed by atoms with Gasteiger partial charge in [-0.15, -0.1) is 0 Å². The Hall–Kier alpha value is -2.17. The predicted octanol–water partition coefficient (Wildman–Crippen LogP) is 1.23. The summed E-state index contributed by atoms with van der Waals surface area (Å²) in [4.78, 5) is 11.7. The summed E-state index contributed by atoms with van der Waals surface area (Å²) in [6.07, 6.45) is 1.64. The first-order valence-electron chi connectivity index (χ1n) is 5.02. The molecule has 1 N–H and O–H groups in total. The van der Waals surface area contributed by atoms with E-state index in [2.05, 4.69) is 10.6 Å². The molecular weight excluding hydrogens is 206 g/mol. The van der Waals surface area contributed by atoms with Crippen LogP contribution in [0.15, 0.2) is 41.1 Å². The molecule has 2 aromatic rings. The van der Waals surface area contributed by atoms with Crippen LogP contribution in [0.5, 0.6) is 0 Å². The average Bonchev–Trinajstić information content (AvgIpc) is 2.78. The highest BCUT2D eigenvalue weighted by Crippen LogP contribution is 2.05. The van der Waals surface area contributed by atoms with Gasteiger partial charge in [0, 0.05) is 5.56 Å². The molecule has 1 aromatic carbocycles. The van der Waals surface area contributed by atoms with Gasteiger partial charge in [0.05, 0.1) is 0 Å². The van der Waals surface area contributed by atoms with Gasteiger partial charge in [0.1, 0.15) is 0 Å². The summed E-state index contributed by atoms with van der Waals surface area (Å²) >= 11 is 0. The molecule has 0 bridgehead atoms. The van der Waals surface area contributed by atoms with Crippen molar-refractivity contribution in [2.24, 2.45) is 0 Å². The van der Waals surface area contributed by atoms with Crippen LogP contribution in [0.4, 0.5) is 5.88 Å². The molecule has 1 aromatic heterocycles. The Bertz CT molecular complexity index is 479. The zero-order valence-electron chi connectivity index (χ0n) is 8.88. The second kappa shape index (κ2) is 4.57. The fourth-order valence-electron chi connectivity index (χ4n) is 1.26. The molecule has 0 fully saturated rings. The van der Waals surface area contributed by atoms with E-state index in [0.717, 1.165) is 0 Å². The van der Waals surface area contributed by atoms with Gasteiger partial charge in [-0.3, -0.25) is 14.6 Å². The number of aromatic nitrogens is 2. The average molecular weight is 218 g/mol. The lowest BCUT2D eigenvalue weighted by Gasteiger charge is -1.97. The third-order valence-corrected chi connectivity index (χ3v) is 2.11. The lowest BCUT2D eigenvalue weighted by Crippen LogP contribution is -2.32. The normalized spacial score (nSPS) is 10.1. The monoisotopic (exact) mass is 218 g/mol. The standard InChI is InChI=1S/C11H11N3O2/c1-2-14-8-10(16-13-14)12-11(15)9-6-4-3-5-7-9/h3-8H,2H2,1H3/p+1. The first kappa shape index (κ1) is 10.4. The number of rotatable bonds is 3. The van der Waals surface area contributed by atoms with Gasteiger partial charge in [-0.2, -0.15) is 0 Å². The number of nitrogens with zero attached hydrogens (tertiary/aromatic N) is 2. The molecular formula is C11H12N3O2+. The van der Waals surface area contributed by atoms with E-state index in [1.165, 1.54) is 0 Å². The Labute approximate surface area is 92.7 Å². The molecule has 82 valence electrons. The number of hydrogen-bond acceptors (Lipinski definition) is 3. The maximum Gasteiger partial charge on any atom is 0.302 e. The quantitative estimate of drug-likeness (QED) is 0.788. The maximum absolute atomic E-state index is 11.7. The molecule has 0 unspecified atom stereocenters. The Morgan fingerprint density at radius 3 is 2.81 bits per heavy atom. The molecule has 0 saturated heterocycles. The van der Waals surface area contributed by atoms with Crippen molar-refractivity contribution in [3.05, 3.63) is 42.1 Å². The van der Waals surface area contributed by atoms with Gasteiger partial charge in [-0.05, 0) is 19.1 Å². The number of nitrogens with one attached hydrogen (secondary N) is 1. The number of benzene rings is 1. The minimum Gasteiger partial charge on any atom is -0.285 e. The van der Waals surface area contributed by atoms with Crippen LogP contribution in [0, 0.1) is 0 Å². The number of amides is 1. The van der Waals surface area contributed by atoms with Crippen molar-refractivity contribution in [2.45, 2.75) is 13.5 Å². The SMILES string of the molecule is CC[n+]1cc(NC(=O)c2ccccc2)on1. The van der Waals surface area contributed by atoms with Crippen molar-refractivity contribution < 1.29 is 14.0 Å². The van der Waals surface area contributed by atoms with Crippen molar-refractivity contribution in [3.63, 3.8) is 0 Å². The molecule has 0 saturated carbocycles. The summed E-state index contributed by atoms with van der Waals surface area (Å²) in [6.45, 7) is 2.63. The van der Waals surface area contributed by atoms with Crippen molar-refractivity contribution in [2.75, 3.05) is 5.32 Å². The van der Waals surface area contributed by atoms with Crippen molar-refractivity contribution in [1.82, 2.24) is 5.27 Å². The van der Waals surface area contributed by atoms with E-state index in [0.29, 0.717) is 18.0 Å². The fourth-order valence-corrected chi connectivity index (χ4v) is 1.26. The van der Waals surface area contributed by atoms with Crippen LogP contribution in [0.3, 0.4) is 0 Å². The largest absolute Gasteiger partial charge is 0.302 e. The van der Waals surface area contributed by atoms with E-state index in [1.807, 2.05) is 25.1 Å². The first-order chi connectivity index (χ1) is 7.79. The predicted molar refractivity (Wildman–Crippen MR) is 56.8 cm³/mol. The Balaban J connectivity index is 2.08. The third-order valence-electron chi connectivity index (χ3n) is 2.11. The lowest BCUT2D eigenvalue weighted by molar-refractivity contribution is -0.759. The smallest absolute Gasteiger partial charge is 0.285 e. The second-order valence-corrected chi connectivity index (χ2v) is 3.24. The van der Waals surface area contributed by atoms with Gasteiger partial charge in [0.2, 0.25) is 5.27 Å². The van der Waals surface area contributed by atoms with E-state index in [1.54, 1.807) is 23.0 Å². The van der Waals surface area contributed by atoms with Gasteiger partial charge < -0.3 is 0 Å². The van der Waals surface area contributed by atoms with Crippen molar-refractivity contribution in [1.29, 1.82) is 0 Å². The van der Waals surface area contributed by atoms with E-state index in [9.17, 15) is 4.79 Å². The van der Waals surface area contributed by atoms with Gasteiger partial charge in [0.25, 0.3) is 12.1 Å². The molecule has 0 radical (unpaired) electrons. The third kappa shape index (κ3) is 2.25. The highest BCUT2D eigenvalue weighted by atomic mass is 16.5. The first-order valence-corrected chi connectivity index (χ1v) is 5.02. The molecule has 1 amide bonds. The van der Waals surface area contributed by atoms with Gasteiger partial charge in [-0.1, -0.05) is 22.9 Å². The van der Waals surface area contributed by atoms with E-state index in [4.69, 9.17) is 4.52 Å². The van der Waals surface area contributed by atoms with Crippen molar-refractivity contribution >= 4 is 11.8 Å². The van der Waals surface area contributed by atoms with E-state index < -0.39 is 0 Å². The molecule has 2 rings (SSSR count). The van der Waals surface area contributed by atoms with Crippen LogP contribution in [0.2, 0.25) is 0 Å². The van der Waals surface area contributed by atoms with Crippen LogP contribution in [0.1, 0.15) is 17.3 Å². The molecule has 0 spiro atoms. The van der Waals surface area contributed by atoms with Crippen molar-refractivity contribution in [3.8, 4) is 0 Å². The van der Waals surface area contributed by atoms with Crippen LogP contribution in [-0.4, -0.2) is 11.2 Å². The van der Waals surface area contributed by atoms with Crippen LogP contribution < -0.4 is 10.00 Å². The number of aryl methyl sites for hydroxylation is 1. The zero-order valence-corrected chi connectivity index (χ0v) is 8.88. The van der Waals surface area contributed by atoms with Crippen LogP contribution in [0.25, 0.3) is 0 Å². The number of hydrogen-bond donors (Lipinski definition) is 1. The number of anilines is 1. The lowest BCUT2D eigenvalue weighted by atomic mass is 10.2. The van der Waals surface area contributed by atoms with E-state index in [-0.39, 0.29) is 5.91 Å². The molecule has 0 aliphatic rings. The molecule has 5 heteroatoms. The van der Waals surface area contributed by atoms with E-state index >= 15 is 0 Å². The zero-order chi connectivity index (χ0) is 11.4. The minimum atomic E-state index is -0.208. The molecule has 0 aliphatic heterocycles. The number of carbonyl (C=O) groups excluding carboxylic acids is 1. The summed E-state index contributed by atoms with van der Waals surface area (Å²) in [5.74, 6) is 0.135. The molecule has 1 heterocycles. The molecule has 16 heavy (non-hydrogen) atoms. The van der Waals surface area contributed by atoms with Gasteiger partial charge >= 0.3 is 5.88 Å². The Morgan fingerprint density at radius 1 is 1.44 bits per heavy atom. The van der Waals surface area contributed by atoms with Gasteiger partial charge in [0.15, 0.2) is 6.54 Å². The summed E-state index contributed by atoms with van der Waals surface area (Å²) < 4.78 is 6.53. The molecule has 0 aliphatic carbocycles. The second-order valence-electron chi connectivity index (χ2n) is 3.24. The summed E-state index contributed by atoms with van der Waals surface area (Å²) in [7, 11) is 0. The fraction of sp³-hybridized carbons (Fsp3) is 0.182. The van der Waals surface area contributed by atoms with Crippen LogP contribution >= 0.6 is 0 Å². The summed E-state index contributed by atoms with van der Waals surface area (Å²) in [5.41, 5.74) is 0.585. The van der Waals surface area contributed by atoms with Gasteiger partial charge in [-0.25, -0.2) is 0 Å². The number of carbonyl (C=O) groups is 1. The summed E-state index contributed by atoms with van der Waals surface area (Å²) in [5, 5.41) is 6.33. The highest BCUT2D eigenvalue weighted by molar-refractivity contribution is 6.03. The highest BCUT2D eigenvalue weighted by Gasteiger charge is 2.13. The Kier molecular flexibility index (Phi) is 2.95. The molecule has 5 nitrogen and oxygen atoms in total. The topological polar surface area (TPSA) is 59.0 Å². The molecule has 0 atom stereocenters. The van der Waals surface area contributed by atoms with Crippen LogP contribution in [-0.2, 0) is 6.54 Å².